The Balaban J connectivity index is 1.42. The molecule has 2 aromatic carbocycles. The molecule has 0 saturated carbocycles. The average molecular weight is 543 g/mol. The molecular formula is C22H15Cl2F3N4O3S. The molecule has 1 amide bonds. The normalized spacial score (nSPS) is 12.5. The van der Waals surface area contributed by atoms with Crippen LogP contribution in [-0.2, 0) is 27.0 Å². The molecule has 13 heteroatoms. The number of aromatic nitrogens is 3. The van der Waals surface area contributed by atoms with E-state index in [1.165, 1.54) is 31.2 Å². The third-order valence-corrected chi connectivity index (χ3v) is 6.32. The molecular weight excluding hydrogens is 528 g/mol. The maximum Gasteiger partial charge on any atom is 0.449 e. The number of benzene rings is 2. The molecule has 35 heavy (non-hydrogen) atoms. The zero-order valence-corrected chi connectivity index (χ0v) is 20.1. The number of hydrogen-bond donors (Lipinski definition) is 1. The van der Waals surface area contributed by atoms with Crippen LogP contribution in [0.3, 0.4) is 0 Å². The van der Waals surface area contributed by atoms with Gasteiger partial charge in [-0.15, -0.1) is 11.3 Å². The average Bonchev–Trinajstić information content (AvgIpc) is 3.40. The van der Waals surface area contributed by atoms with Crippen LogP contribution in [-0.4, -0.2) is 32.5 Å². The molecule has 0 aliphatic rings. The number of alkyl halides is 3. The Labute approximate surface area is 210 Å². The third-order valence-electron chi connectivity index (χ3n) is 4.82. The number of para-hydroxylation sites is 2. The van der Waals surface area contributed by atoms with E-state index in [0.29, 0.717) is 25.9 Å². The molecule has 2 heterocycles. The van der Waals surface area contributed by atoms with Crippen LogP contribution in [0.4, 0.5) is 18.3 Å². The number of nitrogens with zero attached hydrogens (tertiary/aromatic N) is 3. The lowest BCUT2D eigenvalue weighted by molar-refractivity contribution is -0.156. The van der Waals surface area contributed by atoms with Gasteiger partial charge >= 0.3 is 12.1 Å². The number of amides is 1. The number of ether oxygens (including phenoxy) is 1. The lowest BCUT2D eigenvalue weighted by Gasteiger charge is -2.14. The highest BCUT2D eigenvalue weighted by molar-refractivity contribution is 7.14. The van der Waals surface area contributed by atoms with Gasteiger partial charge in [-0.2, -0.15) is 13.2 Å². The summed E-state index contributed by atoms with van der Waals surface area (Å²) in [6, 6.07) is 10.8. The first-order chi connectivity index (χ1) is 16.5. The largest absolute Gasteiger partial charge is 0.451 e. The Bertz CT molecular complexity index is 1420. The van der Waals surface area contributed by atoms with Crippen molar-refractivity contribution < 1.29 is 27.5 Å². The van der Waals surface area contributed by atoms with Crippen molar-refractivity contribution in [1.82, 2.24) is 14.5 Å². The van der Waals surface area contributed by atoms with Gasteiger partial charge in [-0.05, 0) is 31.2 Å². The van der Waals surface area contributed by atoms with Gasteiger partial charge in [0.2, 0.25) is 5.82 Å². The summed E-state index contributed by atoms with van der Waals surface area (Å²) in [6.45, 7) is 0.531. The highest BCUT2D eigenvalue weighted by Crippen LogP contribution is 2.32. The number of thiazole rings is 1. The number of halogens is 5. The minimum Gasteiger partial charge on any atom is -0.451 e. The lowest BCUT2D eigenvalue weighted by atomic mass is 10.2. The Morgan fingerprint density at radius 1 is 1.14 bits per heavy atom. The predicted octanol–water partition coefficient (Wildman–Crippen LogP) is 6.06. The number of fused-ring (bicyclic) bond motifs is 1. The van der Waals surface area contributed by atoms with Crippen LogP contribution in [0, 0.1) is 0 Å². The Morgan fingerprint density at radius 3 is 2.60 bits per heavy atom. The highest BCUT2D eigenvalue weighted by Gasteiger charge is 2.38. The van der Waals surface area contributed by atoms with E-state index in [4.69, 9.17) is 27.9 Å². The molecule has 7 nitrogen and oxygen atoms in total. The molecule has 0 bridgehead atoms. The van der Waals surface area contributed by atoms with Gasteiger partial charge in [0.25, 0.3) is 5.91 Å². The Kier molecular flexibility index (Phi) is 7.02. The van der Waals surface area contributed by atoms with Gasteiger partial charge in [-0.3, -0.25) is 14.9 Å². The van der Waals surface area contributed by atoms with Gasteiger partial charge in [0.1, 0.15) is 6.54 Å². The van der Waals surface area contributed by atoms with E-state index in [2.05, 4.69) is 15.3 Å². The van der Waals surface area contributed by atoms with Crippen molar-refractivity contribution in [2.24, 2.45) is 0 Å². The second-order valence-corrected chi connectivity index (χ2v) is 8.97. The van der Waals surface area contributed by atoms with Crippen molar-refractivity contribution in [3.8, 4) is 11.3 Å². The van der Waals surface area contributed by atoms with Crippen LogP contribution >= 0.6 is 34.5 Å². The minimum absolute atomic E-state index is 0.0833. The fourth-order valence-corrected chi connectivity index (χ4v) is 4.22. The topological polar surface area (TPSA) is 86.1 Å². The Hall–Kier alpha value is -3.15. The zero-order chi connectivity index (χ0) is 25.3. The van der Waals surface area contributed by atoms with Crippen molar-refractivity contribution in [2.75, 3.05) is 5.32 Å². The second-order valence-electron chi connectivity index (χ2n) is 7.30. The summed E-state index contributed by atoms with van der Waals surface area (Å²) >= 11 is 13.1. The molecule has 182 valence electrons. The van der Waals surface area contributed by atoms with Gasteiger partial charge in [0.15, 0.2) is 11.2 Å². The van der Waals surface area contributed by atoms with Crippen LogP contribution in [0.1, 0.15) is 12.7 Å². The summed E-state index contributed by atoms with van der Waals surface area (Å²) in [5, 5.41) is 5.18. The van der Waals surface area contributed by atoms with Gasteiger partial charge < -0.3 is 9.30 Å². The monoisotopic (exact) mass is 542 g/mol. The van der Waals surface area contributed by atoms with Crippen LogP contribution < -0.4 is 5.32 Å². The number of esters is 1. The van der Waals surface area contributed by atoms with Crippen molar-refractivity contribution >= 4 is 62.6 Å². The maximum atomic E-state index is 13.4. The second kappa shape index (κ2) is 9.84. The first kappa shape index (κ1) is 25.0. The SMILES string of the molecule is C[C@@H](OC(=O)Cn1c(C(F)(F)F)nc2ccccc21)C(=O)Nc1nc(-c2ccc(Cl)c(Cl)c2)cs1. The lowest BCUT2D eigenvalue weighted by Crippen LogP contribution is -2.31. The highest BCUT2D eigenvalue weighted by atomic mass is 35.5. The van der Waals surface area contributed by atoms with Crippen LogP contribution in [0.25, 0.3) is 22.3 Å². The molecule has 0 unspecified atom stereocenters. The first-order valence-electron chi connectivity index (χ1n) is 9.96. The van der Waals surface area contributed by atoms with Crippen LogP contribution in [0.5, 0.6) is 0 Å². The summed E-state index contributed by atoms with van der Waals surface area (Å²) in [5.74, 6) is -2.96. The van der Waals surface area contributed by atoms with Crippen LogP contribution in [0.15, 0.2) is 47.8 Å². The van der Waals surface area contributed by atoms with Crippen molar-refractivity contribution in [3.05, 3.63) is 63.7 Å². The van der Waals surface area contributed by atoms with Crippen molar-refractivity contribution in [1.29, 1.82) is 0 Å². The molecule has 0 radical (unpaired) electrons. The van der Waals surface area contributed by atoms with E-state index >= 15 is 0 Å². The van der Waals surface area contributed by atoms with Crippen molar-refractivity contribution in [3.63, 3.8) is 0 Å². The fourth-order valence-electron chi connectivity index (χ4n) is 3.20. The van der Waals surface area contributed by atoms with Gasteiger partial charge in [0.05, 0.1) is 26.8 Å². The van der Waals surface area contributed by atoms with E-state index in [-0.39, 0.29) is 16.2 Å². The minimum atomic E-state index is -4.78. The van der Waals surface area contributed by atoms with E-state index in [1.807, 2.05) is 0 Å². The summed E-state index contributed by atoms with van der Waals surface area (Å²) in [7, 11) is 0. The summed E-state index contributed by atoms with van der Waals surface area (Å²) in [6.07, 6.45) is -6.07. The van der Waals surface area contributed by atoms with Gasteiger partial charge in [-0.25, -0.2) is 9.97 Å². The van der Waals surface area contributed by atoms with E-state index in [1.54, 1.807) is 23.6 Å². The molecule has 0 fully saturated rings. The molecule has 0 spiro atoms. The van der Waals surface area contributed by atoms with E-state index < -0.39 is 36.5 Å². The zero-order valence-electron chi connectivity index (χ0n) is 17.8. The third kappa shape index (κ3) is 5.58. The van der Waals surface area contributed by atoms with Gasteiger partial charge in [0, 0.05) is 10.9 Å². The Morgan fingerprint density at radius 2 is 1.89 bits per heavy atom. The first-order valence-corrected chi connectivity index (χ1v) is 11.6. The van der Waals surface area contributed by atoms with Crippen LogP contribution in [0.2, 0.25) is 10.0 Å². The smallest absolute Gasteiger partial charge is 0.449 e. The number of carbonyl (C=O) groups is 2. The maximum absolute atomic E-state index is 13.4. The number of hydrogen-bond acceptors (Lipinski definition) is 6. The molecule has 4 rings (SSSR count). The van der Waals surface area contributed by atoms with E-state index in [0.717, 1.165) is 11.3 Å². The molecule has 1 N–H and O–H groups in total. The van der Waals surface area contributed by atoms with Gasteiger partial charge in [-0.1, -0.05) is 41.4 Å². The molecule has 0 aliphatic carbocycles. The number of anilines is 1. The predicted molar refractivity (Wildman–Crippen MR) is 126 cm³/mol. The fraction of sp³-hybridized carbons (Fsp3) is 0.182. The summed E-state index contributed by atoms with van der Waals surface area (Å²) in [4.78, 5) is 32.7. The summed E-state index contributed by atoms with van der Waals surface area (Å²) in [5.41, 5.74) is 1.43. The summed E-state index contributed by atoms with van der Waals surface area (Å²) < 4.78 is 46.0. The molecule has 0 saturated heterocycles. The molecule has 0 aliphatic heterocycles. The molecule has 1 atom stereocenters. The molecule has 2 aromatic heterocycles. The number of rotatable bonds is 6. The molecule has 4 aromatic rings. The standard InChI is InChI=1S/C22H15Cl2F3N4O3S/c1-11(19(33)30-21-29-16(10-35-21)12-6-7-13(23)14(24)8-12)34-18(32)9-31-17-5-3-2-4-15(17)28-20(31)22(25,26)27/h2-8,10-11H,9H2,1H3,(H,29,30,33)/t11-/m1/s1. The number of carbonyl (C=O) groups excluding carboxylic acids is 2. The quantitative estimate of drug-likeness (QED) is 0.299. The number of nitrogens with one attached hydrogen (secondary N) is 1. The van der Waals surface area contributed by atoms with Crippen molar-refractivity contribution in [2.45, 2.75) is 25.7 Å². The van der Waals surface area contributed by atoms with E-state index in [9.17, 15) is 22.8 Å². The number of imidazole rings is 1.